The maximum Gasteiger partial charge on any atom is 0.0547 e. The van der Waals surface area contributed by atoms with Gasteiger partial charge in [-0.1, -0.05) is 152 Å². The molecule has 0 atom stereocenters. The lowest BCUT2D eigenvalue weighted by Gasteiger charge is -2.21. The molecule has 2 aromatic heterocycles. The maximum atomic E-state index is 4.99. The Morgan fingerprint density at radius 3 is 1.46 bits per heavy atom. The van der Waals surface area contributed by atoms with Crippen LogP contribution in [0.25, 0.3) is 99.5 Å². The molecule has 0 radical (unpaired) electrons. The molecule has 0 unspecified atom stereocenters. The van der Waals surface area contributed by atoms with Crippen LogP contribution in [0.5, 0.6) is 0 Å². The van der Waals surface area contributed by atoms with Crippen LogP contribution in [0.2, 0.25) is 0 Å². The largest absolute Gasteiger partial charge is 0.309 e. The van der Waals surface area contributed by atoms with Gasteiger partial charge in [-0.05, 0) is 99.6 Å². The van der Waals surface area contributed by atoms with Gasteiger partial charge >= 0.3 is 0 Å². The molecule has 0 aliphatic rings. The van der Waals surface area contributed by atoms with Gasteiger partial charge in [0.05, 0.1) is 27.8 Å². The topological polar surface area (TPSA) is 9.86 Å². The Bertz CT molecular complexity index is 3300. The fourth-order valence-electron chi connectivity index (χ4n) is 8.93. The number of para-hydroxylation sites is 3. The zero-order chi connectivity index (χ0) is 37.9. The van der Waals surface area contributed by atoms with Gasteiger partial charge < -0.3 is 9.13 Å². The number of hydrogen-bond acceptors (Lipinski definition) is 1. The third kappa shape index (κ3) is 5.43. The first-order valence-electron chi connectivity index (χ1n) is 19.4. The summed E-state index contributed by atoms with van der Waals surface area (Å²) in [5.41, 5.74) is 16.4. The second kappa shape index (κ2) is 13.6. The zero-order valence-corrected chi connectivity index (χ0v) is 31.9. The van der Waals surface area contributed by atoms with Crippen molar-refractivity contribution in [1.82, 2.24) is 9.13 Å². The Kier molecular flexibility index (Phi) is 7.94. The van der Waals surface area contributed by atoms with Gasteiger partial charge in [0.2, 0.25) is 0 Å². The van der Waals surface area contributed by atoms with Crippen molar-refractivity contribution in [3.05, 3.63) is 212 Å². The summed E-state index contributed by atoms with van der Waals surface area (Å²) >= 11 is 4.99. The van der Waals surface area contributed by atoms with E-state index in [9.17, 15) is 0 Å². The number of rotatable bonds is 6. The average Bonchev–Trinajstić information content (AvgIpc) is 3.79. The van der Waals surface area contributed by atoms with Gasteiger partial charge in [0.1, 0.15) is 0 Å². The molecule has 268 valence electrons. The number of hydrogen-bond donors (Lipinski definition) is 1. The highest BCUT2D eigenvalue weighted by molar-refractivity contribution is 7.80. The van der Waals surface area contributed by atoms with Crippen LogP contribution in [0.4, 0.5) is 0 Å². The van der Waals surface area contributed by atoms with Gasteiger partial charge in [-0.25, -0.2) is 0 Å². The van der Waals surface area contributed by atoms with E-state index in [2.05, 4.69) is 221 Å². The summed E-state index contributed by atoms with van der Waals surface area (Å²) in [7, 11) is 0. The maximum absolute atomic E-state index is 4.99. The zero-order valence-electron chi connectivity index (χ0n) is 31.0. The molecule has 0 saturated heterocycles. The lowest BCUT2D eigenvalue weighted by Crippen LogP contribution is -2.00. The lowest BCUT2D eigenvalue weighted by molar-refractivity contribution is 1.18. The van der Waals surface area contributed by atoms with E-state index in [4.69, 9.17) is 12.6 Å². The minimum Gasteiger partial charge on any atom is -0.309 e. The first-order valence-corrected chi connectivity index (χ1v) is 19.9. The highest BCUT2D eigenvalue weighted by atomic mass is 32.1. The molecule has 0 amide bonds. The van der Waals surface area contributed by atoms with E-state index in [1.807, 2.05) is 0 Å². The van der Waals surface area contributed by atoms with Gasteiger partial charge in [0.25, 0.3) is 0 Å². The first-order chi connectivity index (χ1) is 28.2. The second-order valence-electron chi connectivity index (χ2n) is 14.6. The third-order valence-electron chi connectivity index (χ3n) is 11.5. The van der Waals surface area contributed by atoms with Crippen molar-refractivity contribution in [3.63, 3.8) is 0 Å². The third-order valence-corrected chi connectivity index (χ3v) is 11.8. The normalized spacial score (nSPS) is 11.6. The van der Waals surface area contributed by atoms with Crippen molar-refractivity contribution in [1.29, 1.82) is 0 Å². The van der Waals surface area contributed by atoms with Gasteiger partial charge in [-0.15, -0.1) is 12.6 Å². The molecule has 0 N–H and O–H groups in total. The summed E-state index contributed by atoms with van der Waals surface area (Å²) in [6, 6.07) is 76.8. The SMILES string of the molecule is Sc1ccccc1-c1cccc(-n2c3ccccc3c3cc(-c4ccc5c(c4)c4ccccc4n5-c4ccccc4)ccc32)c1-c1ccccc1-c1ccccc1. The van der Waals surface area contributed by atoms with Crippen LogP contribution >= 0.6 is 12.6 Å². The minimum absolute atomic E-state index is 0.948. The monoisotopic (exact) mass is 744 g/mol. The highest BCUT2D eigenvalue weighted by Gasteiger charge is 2.22. The second-order valence-corrected chi connectivity index (χ2v) is 15.1. The smallest absolute Gasteiger partial charge is 0.0547 e. The molecular weight excluding hydrogens is 709 g/mol. The number of thiol groups is 1. The molecule has 3 heteroatoms. The molecule has 0 spiro atoms. The molecule has 11 rings (SSSR count). The highest BCUT2D eigenvalue weighted by Crippen LogP contribution is 2.46. The number of fused-ring (bicyclic) bond motifs is 6. The number of nitrogens with zero attached hydrogens (tertiary/aromatic N) is 2. The summed E-state index contributed by atoms with van der Waals surface area (Å²) in [5, 5.41) is 4.94. The lowest BCUT2D eigenvalue weighted by atomic mass is 9.88. The summed E-state index contributed by atoms with van der Waals surface area (Å²) in [5.74, 6) is 0. The predicted molar refractivity (Wildman–Crippen MR) is 244 cm³/mol. The van der Waals surface area contributed by atoms with Crippen LogP contribution in [-0.2, 0) is 0 Å². The van der Waals surface area contributed by atoms with Crippen LogP contribution in [0.15, 0.2) is 217 Å². The van der Waals surface area contributed by atoms with E-state index in [1.54, 1.807) is 0 Å². The Morgan fingerprint density at radius 2 is 0.789 bits per heavy atom. The molecule has 0 aliphatic carbocycles. The fraction of sp³-hybridized carbons (Fsp3) is 0. The van der Waals surface area contributed by atoms with Crippen molar-refractivity contribution in [3.8, 4) is 55.9 Å². The van der Waals surface area contributed by atoms with E-state index in [0.717, 1.165) is 27.2 Å². The van der Waals surface area contributed by atoms with Gasteiger partial charge in [0.15, 0.2) is 0 Å². The summed E-state index contributed by atoms with van der Waals surface area (Å²) in [4.78, 5) is 0.948. The van der Waals surface area contributed by atoms with Gasteiger partial charge in [0, 0.05) is 37.7 Å². The molecule has 0 bridgehead atoms. The quantitative estimate of drug-likeness (QED) is 0.163. The Labute approximate surface area is 336 Å². The van der Waals surface area contributed by atoms with Crippen molar-refractivity contribution < 1.29 is 0 Å². The Hall–Kier alpha value is -7.07. The molecule has 57 heavy (non-hydrogen) atoms. The Balaban J connectivity index is 1.15. The predicted octanol–water partition coefficient (Wildman–Crippen LogP) is 14.8. The summed E-state index contributed by atoms with van der Waals surface area (Å²) in [6.07, 6.45) is 0. The van der Waals surface area contributed by atoms with Crippen molar-refractivity contribution in [2.75, 3.05) is 0 Å². The summed E-state index contributed by atoms with van der Waals surface area (Å²) in [6.45, 7) is 0. The van der Waals surface area contributed by atoms with E-state index in [-0.39, 0.29) is 0 Å². The van der Waals surface area contributed by atoms with Crippen LogP contribution in [-0.4, -0.2) is 9.13 Å². The van der Waals surface area contributed by atoms with Crippen LogP contribution in [0, 0.1) is 0 Å². The molecule has 11 aromatic rings. The fourth-order valence-corrected chi connectivity index (χ4v) is 9.21. The molecule has 0 aliphatic heterocycles. The van der Waals surface area contributed by atoms with E-state index in [1.165, 1.54) is 77.2 Å². The van der Waals surface area contributed by atoms with E-state index >= 15 is 0 Å². The average molecular weight is 745 g/mol. The minimum atomic E-state index is 0.948. The van der Waals surface area contributed by atoms with E-state index in [0.29, 0.717) is 0 Å². The van der Waals surface area contributed by atoms with Gasteiger partial charge in [-0.3, -0.25) is 0 Å². The van der Waals surface area contributed by atoms with Crippen LogP contribution < -0.4 is 0 Å². The molecule has 9 aromatic carbocycles. The summed E-state index contributed by atoms with van der Waals surface area (Å²) < 4.78 is 4.84. The molecular formula is C54H36N2S. The van der Waals surface area contributed by atoms with E-state index < -0.39 is 0 Å². The van der Waals surface area contributed by atoms with Crippen LogP contribution in [0.3, 0.4) is 0 Å². The number of benzene rings is 9. The van der Waals surface area contributed by atoms with Crippen molar-refractivity contribution in [2.45, 2.75) is 4.90 Å². The van der Waals surface area contributed by atoms with Crippen molar-refractivity contribution >= 4 is 56.2 Å². The molecule has 0 fully saturated rings. The van der Waals surface area contributed by atoms with Crippen LogP contribution in [0.1, 0.15) is 0 Å². The standard InChI is InChI=1S/C54H36N2S/c57-53-29-14-11-23-43(53)45-25-15-28-52(54(45)44-24-8-7-20-40(44)36-16-3-1-4-17-36)56-49-27-13-10-22-42(49)47-35-38(31-33-51(47)56)37-30-32-50-46(34-37)41-21-9-12-26-48(41)55(50)39-18-5-2-6-19-39/h1-35,57H. The number of aromatic nitrogens is 2. The molecule has 2 nitrogen and oxygen atoms in total. The molecule has 0 saturated carbocycles. The first kappa shape index (κ1) is 33.3. The Morgan fingerprint density at radius 1 is 0.298 bits per heavy atom. The van der Waals surface area contributed by atoms with Gasteiger partial charge in [-0.2, -0.15) is 0 Å². The molecule has 2 heterocycles. The van der Waals surface area contributed by atoms with Crippen molar-refractivity contribution in [2.24, 2.45) is 0 Å².